The molecule has 0 aliphatic rings. The van der Waals surface area contributed by atoms with Crippen molar-refractivity contribution in [3.63, 3.8) is 0 Å². The molecule has 3 rings (SSSR count). The van der Waals surface area contributed by atoms with E-state index in [-0.39, 0.29) is 5.88 Å². The maximum atomic E-state index is 9.10. The highest BCUT2D eigenvalue weighted by Crippen LogP contribution is 2.30. The number of para-hydroxylation sites is 1. The molecular formula is C16H11Cl2N3. The Morgan fingerprint density at radius 2 is 2.10 bits per heavy atom. The molecule has 5 heteroatoms. The Kier molecular flexibility index (Phi) is 3.59. The van der Waals surface area contributed by atoms with Crippen LogP contribution in [0.3, 0.4) is 0 Å². The van der Waals surface area contributed by atoms with Gasteiger partial charge in [0.05, 0.1) is 39.3 Å². The lowest BCUT2D eigenvalue weighted by Crippen LogP contribution is -2.01. The van der Waals surface area contributed by atoms with Crippen LogP contribution in [-0.4, -0.2) is 9.55 Å². The first kappa shape index (κ1) is 13.9. The average molecular weight is 316 g/mol. The van der Waals surface area contributed by atoms with Gasteiger partial charge in [0.2, 0.25) is 0 Å². The Bertz CT molecular complexity index is 875. The van der Waals surface area contributed by atoms with E-state index in [2.05, 4.69) is 11.1 Å². The van der Waals surface area contributed by atoms with E-state index in [1.807, 2.05) is 29.7 Å². The standard InChI is InChI=1S/C16H11Cl2N3/c1-10-3-2-4-13-16(10)21(15(8-17)20-13)14-7-11(9-19)5-6-12(14)18/h2-7H,8H2,1H3. The summed E-state index contributed by atoms with van der Waals surface area (Å²) in [6.07, 6.45) is 0. The summed E-state index contributed by atoms with van der Waals surface area (Å²) in [4.78, 5) is 4.55. The first-order valence-corrected chi connectivity index (χ1v) is 7.30. The number of alkyl halides is 1. The van der Waals surface area contributed by atoms with E-state index in [1.165, 1.54) is 0 Å². The van der Waals surface area contributed by atoms with Crippen LogP contribution in [-0.2, 0) is 5.88 Å². The molecule has 0 radical (unpaired) electrons. The van der Waals surface area contributed by atoms with Crippen LogP contribution in [0.25, 0.3) is 16.7 Å². The van der Waals surface area contributed by atoms with Crippen molar-refractivity contribution < 1.29 is 0 Å². The largest absolute Gasteiger partial charge is 0.293 e. The normalized spacial score (nSPS) is 10.8. The van der Waals surface area contributed by atoms with Gasteiger partial charge in [0.15, 0.2) is 0 Å². The summed E-state index contributed by atoms with van der Waals surface area (Å²) >= 11 is 12.4. The number of imidazole rings is 1. The van der Waals surface area contributed by atoms with Gasteiger partial charge in [0.25, 0.3) is 0 Å². The molecule has 0 fully saturated rings. The van der Waals surface area contributed by atoms with Gasteiger partial charge in [-0.1, -0.05) is 23.7 Å². The molecule has 3 nitrogen and oxygen atoms in total. The zero-order chi connectivity index (χ0) is 15.0. The summed E-state index contributed by atoms with van der Waals surface area (Å²) in [5.41, 5.74) is 4.18. The predicted octanol–water partition coefficient (Wildman–Crippen LogP) is 4.60. The molecule has 0 aliphatic heterocycles. The van der Waals surface area contributed by atoms with Gasteiger partial charge in [0, 0.05) is 0 Å². The molecule has 0 saturated heterocycles. The van der Waals surface area contributed by atoms with Gasteiger partial charge >= 0.3 is 0 Å². The first-order chi connectivity index (χ1) is 10.2. The molecule has 0 aliphatic carbocycles. The molecule has 0 amide bonds. The van der Waals surface area contributed by atoms with E-state index in [0.717, 1.165) is 22.3 Å². The number of fused-ring (bicyclic) bond motifs is 1. The third-order valence-electron chi connectivity index (χ3n) is 3.38. The van der Waals surface area contributed by atoms with Crippen molar-refractivity contribution in [2.24, 2.45) is 0 Å². The van der Waals surface area contributed by atoms with E-state index in [0.29, 0.717) is 16.4 Å². The summed E-state index contributed by atoms with van der Waals surface area (Å²) in [6, 6.07) is 13.2. The highest BCUT2D eigenvalue weighted by Gasteiger charge is 2.16. The number of halogens is 2. The molecule has 0 unspecified atom stereocenters. The minimum atomic E-state index is 0.265. The third-order valence-corrected chi connectivity index (χ3v) is 3.94. The van der Waals surface area contributed by atoms with Gasteiger partial charge in [-0.25, -0.2) is 4.98 Å². The number of nitrogens with zero attached hydrogens (tertiary/aromatic N) is 3. The number of aryl methyl sites for hydroxylation is 1. The lowest BCUT2D eigenvalue weighted by molar-refractivity contribution is 0.978. The lowest BCUT2D eigenvalue weighted by atomic mass is 10.1. The first-order valence-electron chi connectivity index (χ1n) is 6.38. The Labute approximate surface area is 132 Å². The van der Waals surface area contributed by atoms with Gasteiger partial charge in [-0.05, 0) is 36.8 Å². The number of benzene rings is 2. The highest BCUT2D eigenvalue weighted by atomic mass is 35.5. The number of aromatic nitrogens is 2. The van der Waals surface area contributed by atoms with E-state index in [9.17, 15) is 0 Å². The second-order valence-electron chi connectivity index (χ2n) is 4.72. The van der Waals surface area contributed by atoms with E-state index in [1.54, 1.807) is 18.2 Å². The minimum absolute atomic E-state index is 0.265. The van der Waals surface area contributed by atoms with Crippen molar-refractivity contribution in [3.8, 4) is 11.8 Å². The number of nitriles is 1. The van der Waals surface area contributed by atoms with Crippen LogP contribution in [0.15, 0.2) is 36.4 Å². The summed E-state index contributed by atoms with van der Waals surface area (Å²) in [7, 11) is 0. The van der Waals surface area contributed by atoms with Crippen LogP contribution in [0.2, 0.25) is 5.02 Å². The van der Waals surface area contributed by atoms with Crippen molar-refractivity contribution in [1.29, 1.82) is 5.26 Å². The molecular weight excluding hydrogens is 305 g/mol. The molecule has 0 spiro atoms. The van der Waals surface area contributed by atoms with Crippen LogP contribution in [0.5, 0.6) is 0 Å². The molecule has 1 aromatic heterocycles. The van der Waals surface area contributed by atoms with Crippen LogP contribution in [0.1, 0.15) is 17.0 Å². The fraction of sp³-hybridized carbons (Fsp3) is 0.125. The van der Waals surface area contributed by atoms with Gasteiger partial charge < -0.3 is 0 Å². The van der Waals surface area contributed by atoms with Crippen LogP contribution >= 0.6 is 23.2 Å². The minimum Gasteiger partial charge on any atom is -0.293 e. The summed E-state index contributed by atoms with van der Waals surface area (Å²) in [5, 5.41) is 9.66. The lowest BCUT2D eigenvalue weighted by Gasteiger charge is -2.11. The Morgan fingerprint density at radius 1 is 1.29 bits per heavy atom. The van der Waals surface area contributed by atoms with Crippen LogP contribution < -0.4 is 0 Å². The van der Waals surface area contributed by atoms with Crippen molar-refractivity contribution in [1.82, 2.24) is 9.55 Å². The monoisotopic (exact) mass is 315 g/mol. The highest BCUT2D eigenvalue weighted by molar-refractivity contribution is 6.32. The molecule has 3 aromatic rings. The van der Waals surface area contributed by atoms with Gasteiger partial charge in [0.1, 0.15) is 5.82 Å². The molecule has 0 N–H and O–H groups in total. The number of hydrogen-bond acceptors (Lipinski definition) is 2. The maximum Gasteiger partial charge on any atom is 0.129 e. The molecule has 1 heterocycles. The Balaban J connectivity index is 2.42. The molecule has 0 atom stereocenters. The Hall–Kier alpha value is -2.02. The quantitative estimate of drug-likeness (QED) is 0.648. The second-order valence-corrected chi connectivity index (χ2v) is 5.39. The van der Waals surface area contributed by atoms with Crippen molar-refractivity contribution in [2.75, 3.05) is 0 Å². The van der Waals surface area contributed by atoms with Crippen molar-refractivity contribution in [2.45, 2.75) is 12.8 Å². The Morgan fingerprint density at radius 3 is 2.81 bits per heavy atom. The second kappa shape index (κ2) is 5.40. The summed E-state index contributed by atoms with van der Waals surface area (Å²) < 4.78 is 1.93. The van der Waals surface area contributed by atoms with Gasteiger partial charge in [-0.15, -0.1) is 11.6 Å². The van der Waals surface area contributed by atoms with E-state index >= 15 is 0 Å². The SMILES string of the molecule is Cc1cccc2nc(CCl)n(-c3cc(C#N)ccc3Cl)c12. The van der Waals surface area contributed by atoms with Gasteiger partial charge in [-0.2, -0.15) is 5.26 Å². The number of hydrogen-bond donors (Lipinski definition) is 0. The molecule has 0 bridgehead atoms. The molecule has 0 saturated carbocycles. The van der Waals surface area contributed by atoms with Gasteiger partial charge in [-0.3, -0.25) is 4.57 Å². The molecule has 2 aromatic carbocycles. The fourth-order valence-electron chi connectivity index (χ4n) is 2.45. The summed E-state index contributed by atoms with van der Waals surface area (Å²) in [5.74, 6) is 0.972. The molecule has 21 heavy (non-hydrogen) atoms. The predicted molar refractivity (Wildman–Crippen MR) is 85.1 cm³/mol. The van der Waals surface area contributed by atoms with Crippen molar-refractivity contribution in [3.05, 3.63) is 58.4 Å². The third kappa shape index (κ3) is 2.27. The summed E-state index contributed by atoms with van der Waals surface area (Å²) in [6.45, 7) is 2.01. The smallest absolute Gasteiger partial charge is 0.129 e. The fourth-order valence-corrected chi connectivity index (χ4v) is 2.83. The molecule has 104 valence electrons. The topological polar surface area (TPSA) is 41.6 Å². The maximum absolute atomic E-state index is 9.10. The van der Waals surface area contributed by atoms with Crippen LogP contribution in [0, 0.1) is 18.3 Å². The van der Waals surface area contributed by atoms with Crippen LogP contribution in [0.4, 0.5) is 0 Å². The average Bonchev–Trinajstić information content (AvgIpc) is 2.87. The zero-order valence-corrected chi connectivity index (χ0v) is 12.8. The van der Waals surface area contributed by atoms with E-state index < -0.39 is 0 Å². The van der Waals surface area contributed by atoms with Crippen molar-refractivity contribution >= 4 is 34.2 Å². The van der Waals surface area contributed by atoms with E-state index in [4.69, 9.17) is 28.5 Å². The zero-order valence-electron chi connectivity index (χ0n) is 11.3. The number of rotatable bonds is 2.